The molecule has 0 saturated carbocycles. The molecule has 2 heterocycles. The number of nitrogens with zero attached hydrogens (tertiary/aromatic N) is 1. The Hall–Kier alpha value is -2.15. The molecule has 0 radical (unpaired) electrons. The van der Waals surface area contributed by atoms with Crippen LogP contribution in [-0.2, 0) is 11.2 Å². The van der Waals surface area contributed by atoms with E-state index in [0.29, 0.717) is 19.5 Å². The quantitative estimate of drug-likeness (QED) is 0.654. The van der Waals surface area contributed by atoms with E-state index in [2.05, 4.69) is 16.8 Å². The molecule has 7 heteroatoms. The van der Waals surface area contributed by atoms with E-state index in [-0.39, 0.29) is 29.9 Å². The maximum absolute atomic E-state index is 12.4. The van der Waals surface area contributed by atoms with Crippen molar-refractivity contribution >= 4 is 5.91 Å². The zero-order chi connectivity index (χ0) is 16.2. The molecule has 7 nitrogen and oxygen atoms in total. The van der Waals surface area contributed by atoms with Crippen LogP contribution in [0.2, 0.25) is 0 Å². The van der Waals surface area contributed by atoms with E-state index < -0.39 is 11.1 Å². The molecule has 3 N–H and O–H groups in total. The number of hydrogen-bond donors (Lipinski definition) is 3. The van der Waals surface area contributed by atoms with Gasteiger partial charge in [0.1, 0.15) is 0 Å². The number of hydrogen-bond acceptors (Lipinski definition) is 4. The predicted molar refractivity (Wildman–Crippen MR) is 81.5 cm³/mol. The van der Waals surface area contributed by atoms with E-state index in [1.807, 2.05) is 0 Å². The molecule has 0 aliphatic carbocycles. The number of allylic oxidation sites excluding steroid dienone is 1. The minimum absolute atomic E-state index is 0.00557. The second kappa shape index (κ2) is 6.74. The molecule has 0 unspecified atom stereocenters. The number of carbonyl (C=O) groups is 1. The summed E-state index contributed by atoms with van der Waals surface area (Å²) in [6, 6.07) is 1.14. The van der Waals surface area contributed by atoms with Crippen LogP contribution in [0.1, 0.15) is 24.8 Å². The Morgan fingerprint density at radius 2 is 2.23 bits per heavy atom. The van der Waals surface area contributed by atoms with Gasteiger partial charge >= 0.3 is 0 Å². The number of H-pyrrole nitrogens is 2. The molecule has 120 valence electrons. The van der Waals surface area contributed by atoms with E-state index in [1.165, 1.54) is 0 Å². The molecule has 1 atom stereocenters. The smallest absolute Gasteiger partial charge is 0.266 e. The molecule has 1 aromatic heterocycles. The number of aliphatic hydroxyl groups is 1. The molecular formula is C15H21N3O4. The van der Waals surface area contributed by atoms with Gasteiger partial charge < -0.3 is 10.0 Å². The van der Waals surface area contributed by atoms with Gasteiger partial charge in [0.05, 0.1) is 13.0 Å². The highest BCUT2D eigenvalue weighted by atomic mass is 16.3. The van der Waals surface area contributed by atoms with Gasteiger partial charge in [0.2, 0.25) is 5.91 Å². The Balaban J connectivity index is 2.12. The van der Waals surface area contributed by atoms with Crippen LogP contribution in [0, 0.1) is 5.41 Å². The molecular weight excluding hydrogens is 286 g/mol. The molecule has 2 rings (SSSR count). The highest BCUT2D eigenvalue weighted by Gasteiger charge is 2.35. The minimum atomic E-state index is -0.468. The molecule has 0 bridgehead atoms. The van der Waals surface area contributed by atoms with Gasteiger partial charge in [-0.15, -0.1) is 6.58 Å². The molecule has 1 aromatic rings. The molecule has 1 fully saturated rings. The van der Waals surface area contributed by atoms with Gasteiger partial charge in [0.25, 0.3) is 11.1 Å². The number of aromatic nitrogens is 2. The largest absolute Gasteiger partial charge is 0.396 e. The Kier molecular flexibility index (Phi) is 4.97. The van der Waals surface area contributed by atoms with Crippen LogP contribution >= 0.6 is 0 Å². The highest BCUT2D eigenvalue weighted by molar-refractivity contribution is 5.78. The second-order valence-electron chi connectivity index (χ2n) is 5.86. The number of piperidine rings is 1. The van der Waals surface area contributed by atoms with Gasteiger partial charge in [-0.25, -0.2) is 0 Å². The van der Waals surface area contributed by atoms with Gasteiger partial charge in [-0.05, 0) is 19.3 Å². The number of amides is 1. The fourth-order valence-electron chi connectivity index (χ4n) is 2.95. The van der Waals surface area contributed by atoms with Crippen LogP contribution in [0.3, 0.4) is 0 Å². The van der Waals surface area contributed by atoms with Crippen molar-refractivity contribution in [1.82, 2.24) is 15.1 Å². The first-order chi connectivity index (χ1) is 10.5. The second-order valence-corrected chi connectivity index (χ2v) is 5.86. The van der Waals surface area contributed by atoms with Gasteiger partial charge in [-0.3, -0.25) is 24.6 Å². The summed E-state index contributed by atoms with van der Waals surface area (Å²) in [5, 5.41) is 14.0. The molecule has 0 aromatic carbocycles. The average Bonchev–Trinajstić information content (AvgIpc) is 2.51. The van der Waals surface area contributed by atoms with E-state index in [4.69, 9.17) is 0 Å². The summed E-state index contributed by atoms with van der Waals surface area (Å²) in [6.07, 6.45) is 3.91. The molecule has 0 spiro atoms. The summed E-state index contributed by atoms with van der Waals surface area (Å²) < 4.78 is 0. The molecule has 1 saturated heterocycles. The lowest BCUT2D eigenvalue weighted by atomic mass is 9.77. The van der Waals surface area contributed by atoms with Gasteiger partial charge in [0.15, 0.2) is 0 Å². The summed E-state index contributed by atoms with van der Waals surface area (Å²) in [7, 11) is 0. The Labute approximate surface area is 127 Å². The SMILES string of the molecule is C=CC[C@]1(CO)CCCN(C(=O)Cc2cc(=O)[nH][nH]c2=O)C1. The Morgan fingerprint density at radius 1 is 1.45 bits per heavy atom. The summed E-state index contributed by atoms with van der Waals surface area (Å²) in [4.78, 5) is 36.9. The van der Waals surface area contributed by atoms with Crippen molar-refractivity contribution in [3.05, 3.63) is 45.0 Å². The van der Waals surface area contributed by atoms with Crippen molar-refractivity contribution in [3.63, 3.8) is 0 Å². The maximum atomic E-state index is 12.4. The van der Waals surface area contributed by atoms with Crippen LogP contribution in [0.25, 0.3) is 0 Å². The van der Waals surface area contributed by atoms with Crippen molar-refractivity contribution < 1.29 is 9.90 Å². The fraction of sp³-hybridized carbons (Fsp3) is 0.533. The van der Waals surface area contributed by atoms with Crippen LogP contribution in [0.4, 0.5) is 0 Å². The zero-order valence-corrected chi connectivity index (χ0v) is 12.4. The third-order valence-electron chi connectivity index (χ3n) is 4.16. The number of likely N-dealkylation sites (tertiary alicyclic amines) is 1. The number of aliphatic hydroxyl groups excluding tert-OH is 1. The molecule has 1 aliphatic heterocycles. The monoisotopic (exact) mass is 307 g/mol. The molecule has 22 heavy (non-hydrogen) atoms. The third kappa shape index (κ3) is 3.54. The van der Waals surface area contributed by atoms with Crippen molar-refractivity contribution in [2.45, 2.75) is 25.7 Å². The fourth-order valence-corrected chi connectivity index (χ4v) is 2.95. The normalized spacial score (nSPS) is 21.6. The Bertz CT molecular complexity index is 663. The number of carbonyl (C=O) groups excluding carboxylic acids is 1. The lowest BCUT2D eigenvalue weighted by Crippen LogP contribution is -2.48. The van der Waals surface area contributed by atoms with Crippen molar-refractivity contribution in [1.29, 1.82) is 0 Å². The van der Waals surface area contributed by atoms with Crippen molar-refractivity contribution in [2.24, 2.45) is 5.41 Å². The lowest BCUT2D eigenvalue weighted by molar-refractivity contribution is -0.134. The summed E-state index contributed by atoms with van der Waals surface area (Å²) in [5.41, 5.74) is -1.12. The van der Waals surface area contributed by atoms with Gasteiger partial charge in [-0.1, -0.05) is 6.08 Å². The number of aromatic amines is 2. The summed E-state index contributed by atoms with van der Waals surface area (Å²) >= 11 is 0. The topological polar surface area (TPSA) is 106 Å². The van der Waals surface area contributed by atoms with Gasteiger partial charge in [-0.2, -0.15) is 0 Å². The van der Waals surface area contributed by atoms with E-state index >= 15 is 0 Å². The van der Waals surface area contributed by atoms with Crippen molar-refractivity contribution in [2.75, 3.05) is 19.7 Å². The number of rotatable bonds is 5. The zero-order valence-electron chi connectivity index (χ0n) is 12.4. The van der Waals surface area contributed by atoms with Gasteiger partial charge in [0, 0.05) is 30.1 Å². The van der Waals surface area contributed by atoms with Crippen LogP contribution in [0.15, 0.2) is 28.3 Å². The van der Waals surface area contributed by atoms with E-state index in [9.17, 15) is 19.5 Å². The first-order valence-corrected chi connectivity index (χ1v) is 7.30. The van der Waals surface area contributed by atoms with Crippen molar-refractivity contribution in [3.8, 4) is 0 Å². The number of nitrogens with one attached hydrogen (secondary N) is 2. The van der Waals surface area contributed by atoms with E-state index in [1.54, 1.807) is 11.0 Å². The summed E-state index contributed by atoms with van der Waals surface area (Å²) in [5.74, 6) is -0.210. The van der Waals surface area contributed by atoms with E-state index in [0.717, 1.165) is 18.9 Å². The predicted octanol–water partition coefficient (Wildman–Crippen LogP) is -0.217. The first kappa shape index (κ1) is 16.2. The van der Waals surface area contributed by atoms with Crippen LogP contribution in [0.5, 0.6) is 0 Å². The van der Waals surface area contributed by atoms with Crippen LogP contribution in [-0.4, -0.2) is 45.8 Å². The molecule has 1 aliphatic rings. The minimum Gasteiger partial charge on any atom is -0.396 e. The standard InChI is InChI=1S/C15H21N3O4/c1-2-4-15(10-19)5-3-6-18(9-15)13(21)8-11-7-12(20)16-17-14(11)22/h2,7,19H,1,3-6,8-10H2,(H,16,20)(H,17,22)/t15-/m0/s1. The third-order valence-corrected chi connectivity index (χ3v) is 4.16. The highest BCUT2D eigenvalue weighted by Crippen LogP contribution is 2.33. The molecule has 1 amide bonds. The lowest BCUT2D eigenvalue weighted by Gasteiger charge is -2.41. The Morgan fingerprint density at radius 3 is 2.91 bits per heavy atom. The average molecular weight is 307 g/mol. The maximum Gasteiger partial charge on any atom is 0.266 e. The summed E-state index contributed by atoms with van der Waals surface area (Å²) in [6.45, 7) is 4.74. The van der Waals surface area contributed by atoms with Crippen LogP contribution < -0.4 is 11.1 Å². The first-order valence-electron chi connectivity index (χ1n) is 7.30.